The Kier molecular flexibility index (Phi) is 2.91. The summed E-state index contributed by atoms with van der Waals surface area (Å²) in [5.41, 5.74) is 0.785. The first kappa shape index (κ1) is 14.2. The minimum absolute atomic E-state index is 0.0422. The Balaban J connectivity index is 1.50. The lowest BCUT2D eigenvalue weighted by atomic mass is 9.46. The third-order valence-electron chi connectivity index (χ3n) is 8.76. The molecule has 0 aromatic rings. The summed E-state index contributed by atoms with van der Waals surface area (Å²) in [4.78, 5) is 0. The molecule has 0 spiro atoms. The number of fused-ring (bicyclic) bond motifs is 8. The lowest BCUT2D eigenvalue weighted by Gasteiger charge is -2.61. The second kappa shape index (κ2) is 4.49. The van der Waals surface area contributed by atoms with Gasteiger partial charge in [-0.1, -0.05) is 13.8 Å². The number of rotatable bonds is 0. The normalized spacial score (nSPS) is 63.1. The molecule has 22 heavy (non-hydrogen) atoms. The number of aliphatic hydroxyl groups is 1. The summed E-state index contributed by atoms with van der Waals surface area (Å²) in [7, 11) is 0. The minimum atomic E-state index is -0.0422. The minimum Gasteiger partial charge on any atom is -0.393 e. The molecule has 0 aromatic heterocycles. The monoisotopic (exact) mass is 305 g/mol. The predicted molar refractivity (Wildman–Crippen MR) is 85.2 cm³/mol. The van der Waals surface area contributed by atoms with E-state index in [-0.39, 0.29) is 6.10 Å². The van der Waals surface area contributed by atoms with Gasteiger partial charge in [0, 0.05) is 12.0 Å². The van der Waals surface area contributed by atoms with Crippen LogP contribution in [0.1, 0.15) is 58.8 Å². The van der Waals surface area contributed by atoms with Gasteiger partial charge in [-0.05, 0) is 74.0 Å². The van der Waals surface area contributed by atoms with Gasteiger partial charge < -0.3 is 9.84 Å². The lowest BCUT2D eigenvalue weighted by molar-refractivity contribution is -0.190. The van der Waals surface area contributed by atoms with Crippen LogP contribution in [-0.2, 0) is 4.74 Å². The number of nitrogens with one attached hydrogen (secondary N) is 1. The fraction of sp³-hybridized carbons (Fsp3) is 1.00. The van der Waals surface area contributed by atoms with Crippen LogP contribution in [0.2, 0.25) is 0 Å². The SMILES string of the molecule is CC12CCC3C(CCC4CC5NCC(O5)C43C)C1CC(O)C2. The van der Waals surface area contributed by atoms with Gasteiger partial charge in [-0.2, -0.15) is 0 Å². The number of hydrogen-bond acceptors (Lipinski definition) is 3. The molecular formula is C19H31NO2. The zero-order valence-electron chi connectivity index (χ0n) is 14.1. The van der Waals surface area contributed by atoms with Crippen molar-refractivity contribution >= 4 is 0 Å². The third-order valence-corrected chi connectivity index (χ3v) is 8.76. The van der Waals surface area contributed by atoms with Crippen LogP contribution in [0.15, 0.2) is 0 Å². The van der Waals surface area contributed by atoms with Gasteiger partial charge in [-0.3, -0.25) is 5.32 Å². The molecule has 9 unspecified atom stereocenters. The molecule has 2 heterocycles. The molecule has 2 N–H and O–H groups in total. The van der Waals surface area contributed by atoms with Crippen molar-refractivity contribution < 1.29 is 9.84 Å². The van der Waals surface area contributed by atoms with Crippen molar-refractivity contribution in [3.63, 3.8) is 0 Å². The van der Waals surface area contributed by atoms with Crippen molar-refractivity contribution in [1.29, 1.82) is 0 Å². The molecule has 0 aromatic carbocycles. The van der Waals surface area contributed by atoms with Gasteiger partial charge in [-0.25, -0.2) is 0 Å². The van der Waals surface area contributed by atoms with E-state index in [4.69, 9.17) is 4.74 Å². The maximum atomic E-state index is 10.3. The zero-order valence-corrected chi connectivity index (χ0v) is 14.1. The van der Waals surface area contributed by atoms with Crippen LogP contribution in [0.5, 0.6) is 0 Å². The Hall–Kier alpha value is -0.120. The zero-order chi connectivity index (χ0) is 15.1. The van der Waals surface area contributed by atoms with Crippen molar-refractivity contribution in [3.8, 4) is 0 Å². The molecular weight excluding hydrogens is 274 g/mol. The Labute approximate surface area is 134 Å². The van der Waals surface area contributed by atoms with E-state index in [0.717, 1.165) is 43.1 Å². The maximum Gasteiger partial charge on any atom is 0.108 e. The van der Waals surface area contributed by atoms with Gasteiger partial charge >= 0.3 is 0 Å². The average molecular weight is 305 g/mol. The first-order chi connectivity index (χ1) is 10.5. The highest BCUT2D eigenvalue weighted by Gasteiger charge is 2.63. The molecule has 2 aliphatic heterocycles. The summed E-state index contributed by atoms with van der Waals surface area (Å²) in [5, 5.41) is 13.9. The van der Waals surface area contributed by atoms with Crippen LogP contribution in [0.4, 0.5) is 0 Å². The molecule has 3 heteroatoms. The molecule has 2 bridgehead atoms. The maximum absolute atomic E-state index is 10.3. The smallest absolute Gasteiger partial charge is 0.108 e. The second-order valence-electron chi connectivity index (χ2n) is 9.56. The molecule has 5 fully saturated rings. The first-order valence-corrected chi connectivity index (χ1v) is 9.57. The summed E-state index contributed by atoms with van der Waals surface area (Å²) in [5.74, 6) is 3.26. The Bertz CT molecular complexity index is 482. The molecule has 3 saturated carbocycles. The molecule has 0 radical (unpaired) electrons. The molecule has 0 amide bonds. The fourth-order valence-corrected chi connectivity index (χ4v) is 7.66. The molecule has 2 saturated heterocycles. The number of aliphatic hydroxyl groups excluding tert-OH is 1. The average Bonchev–Trinajstić information content (AvgIpc) is 3.02. The summed E-state index contributed by atoms with van der Waals surface area (Å²) in [6.07, 6.45) is 9.52. The second-order valence-corrected chi connectivity index (χ2v) is 9.56. The van der Waals surface area contributed by atoms with Gasteiger partial charge in [0.05, 0.1) is 12.2 Å². The van der Waals surface area contributed by atoms with Crippen molar-refractivity contribution in [2.75, 3.05) is 6.54 Å². The van der Waals surface area contributed by atoms with E-state index in [0.29, 0.717) is 23.2 Å². The molecule has 3 nitrogen and oxygen atoms in total. The predicted octanol–water partition coefficient (Wildman–Crippen LogP) is 2.92. The van der Waals surface area contributed by atoms with E-state index in [9.17, 15) is 5.11 Å². The molecule has 9 atom stereocenters. The van der Waals surface area contributed by atoms with E-state index in [1.54, 1.807) is 0 Å². The summed E-state index contributed by atoms with van der Waals surface area (Å²) >= 11 is 0. The third kappa shape index (κ3) is 1.68. The van der Waals surface area contributed by atoms with Crippen LogP contribution >= 0.6 is 0 Å². The molecule has 124 valence electrons. The molecule has 5 rings (SSSR count). The van der Waals surface area contributed by atoms with E-state index in [1.165, 1.54) is 32.1 Å². The number of hydrogen-bond donors (Lipinski definition) is 2. The topological polar surface area (TPSA) is 41.5 Å². The van der Waals surface area contributed by atoms with E-state index >= 15 is 0 Å². The highest BCUT2D eigenvalue weighted by molar-refractivity contribution is 5.12. The quantitative estimate of drug-likeness (QED) is 0.723. The van der Waals surface area contributed by atoms with Crippen LogP contribution in [0.25, 0.3) is 0 Å². The van der Waals surface area contributed by atoms with Gasteiger partial charge in [0.2, 0.25) is 0 Å². The largest absolute Gasteiger partial charge is 0.393 e. The van der Waals surface area contributed by atoms with E-state index < -0.39 is 0 Å². The first-order valence-electron chi connectivity index (χ1n) is 9.57. The summed E-state index contributed by atoms with van der Waals surface area (Å²) in [6, 6.07) is 0. The summed E-state index contributed by atoms with van der Waals surface area (Å²) in [6.45, 7) is 6.07. The van der Waals surface area contributed by atoms with E-state index in [1.807, 2.05) is 0 Å². The Morgan fingerprint density at radius 3 is 2.82 bits per heavy atom. The van der Waals surface area contributed by atoms with Gasteiger partial charge in [0.25, 0.3) is 0 Å². The highest BCUT2D eigenvalue weighted by atomic mass is 16.5. The van der Waals surface area contributed by atoms with Crippen LogP contribution < -0.4 is 5.32 Å². The lowest BCUT2D eigenvalue weighted by Crippen LogP contribution is -2.58. The van der Waals surface area contributed by atoms with Crippen molar-refractivity contribution in [3.05, 3.63) is 0 Å². The standard InChI is InChI=1S/C19H31NO2/c1-18-6-5-14-13(15(18)8-12(21)9-18)4-3-11-7-17-20-10-16(22-17)19(11,14)2/h11-17,20-21H,3-10H2,1-2H3. The molecule has 5 aliphatic rings. The van der Waals surface area contributed by atoms with Crippen molar-refractivity contribution in [2.45, 2.75) is 77.2 Å². The Morgan fingerprint density at radius 2 is 1.95 bits per heavy atom. The Morgan fingerprint density at radius 1 is 1.09 bits per heavy atom. The van der Waals surface area contributed by atoms with Gasteiger partial charge in [-0.15, -0.1) is 0 Å². The van der Waals surface area contributed by atoms with Crippen molar-refractivity contribution in [1.82, 2.24) is 5.32 Å². The highest BCUT2D eigenvalue weighted by Crippen LogP contribution is 2.66. The summed E-state index contributed by atoms with van der Waals surface area (Å²) < 4.78 is 6.32. The van der Waals surface area contributed by atoms with Crippen LogP contribution in [0.3, 0.4) is 0 Å². The van der Waals surface area contributed by atoms with E-state index in [2.05, 4.69) is 19.2 Å². The number of ether oxygens (including phenoxy) is 1. The van der Waals surface area contributed by atoms with Gasteiger partial charge in [0.15, 0.2) is 0 Å². The van der Waals surface area contributed by atoms with Crippen molar-refractivity contribution in [2.24, 2.45) is 34.5 Å². The fourth-order valence-electron chi connectivity index (χ4n) is 7.66. The van der Waals surface area contributed by atoms with Crippen LogP contribution in [-0.4, -0.2) is 30.1 Å². The molecule has 3 aliphatic carbocycles. The van der Waals surface area contributed by atoms with Gasteiger partial charge in [0.1, 0.15) is 6.23 Å². The van der Waals surface area contributed by atoms with Crippen LogP contribution in [0, 0.1) is 34.5 Å².